The Morgan fingerprint density at radius 3 is 2.38 bits per heavy atom. The van der Waals surface area contributed by atoms with Crippen LogP contribution in [0.5, 0.6) is 0 Å². The average molecular weight is 188 g/mol. The van der Waals surface area contributed by atoms with Gasteiger partial charge in [-0.3, -0.25) is 4.79 Å². The predicted molar refractivity (Wildman–Crippen MR) is 51.4 cm³/mol. The molecule has 0 rings (SSSR count). The van der Waals surface area contributed by atoms with Gasteiger partial charge in [0, 0.05) is 6.61 Å². The topological polar surface area (TPSA) is 46.5 Å². The minimum absolute atomic E-state index is 0.0301. The zero-order valence-electron chi connectivity index (χ0n) is 8.58. The SMILES string of the molecule is CC(C)C(=O)OCCCCCCO. The van der Waals surface area contributed by atoms with Crippen LogP contribution >= 0.6 is 0 Å². The van der Waals surface area contributed by atoms with E-state index in [1.165, 1.54) is 0 Å². The van der Waals surface area contributed by atoms with Gasteiger partial charge in [0.05, 0.1) is 12.5 Å². The Bertz CT molecular complexity index is 132. The summed E-state index contributed by atoms with van der Waals surface area (Å²) in [6.45, 7) is 4.43. The molecule has 0 radical (unpaired) electrons. The van der Waals surface area contributed by atoms with Gasteiger partial charge in [-0.2, -0.15) is 0 Å². The van der Waals surface area contributed by atoms with E-state index in [1.807, 2.05) is 13.8 Å². The molecule has 0 amide bonds. The van der Waals surface area contributed by atoms with Crippen molar-refractivity contribution in [3.8, 4) is 0 Å². The molecule has 0 bridgehead atoms. The first-order valence-electron chi connectivity index (χ1n) is 4.96. The van der Waals surface area contributed by atoms with Gasteiger partial charge in [-0.25, -0.2) is 0 Å². The molecule has 1 N–H and O–H groups in total. The second kappa shape index (κ2) is 8.05. The molecule has 0 aromatic rings. The zero-order valence-corrected chi connectivity index (χ0v) is 8.58. The fourth-order valence-electron chi connectivity index (χ4n) is 0.907. The van der Waals surface area contributed by atoms with Crippen LogP contribution < -0.4 is 0 Å². The fraction of sp³-hybridized carbons (Fsp3) is 0.900. The summed E-state index contributed by atoms with van der Waals surface area (Å²) < 4.78 is 4.98. The molecule has 0 saturated heterocycles. The van der Waals surface area contributed by atoms with E-state index in [4.69, 9.17) is 9.84 Å². The van der Waals surface area contributed by atoms with Crippen molar-refractivity contribution in [2.45, 2.75) is 39.5 Å². The minimum Gasteiger partial charge on any atom is -0.465 e. The molecule has 13 heavy (non-hydrogen) atoms. The van der Waals surface area contributed by atoms with Gasteiger partial charge in [0.2, 0.25) is 0 Å². The number of carbonyl (C=O) groups excluding carboxylic acids is 1. The number of rotatable bonds is 7. The van der Waals surface area contributed by atoms with E-state index < -0.39 is 0 Å². The number of hydrogen-bond acceptors (Lipinski definition) is 3. The third-order valence-electron chi connectivity index (χ3n) is 1.77. The van der Waals surface area contributed by atoms with Crippen LogP contribution in [0.2, 0.25) is 0 Å². The standard InChI is InChI=1S/C10H20O3/c1-9(2)10(12)13-8-6-4-3-5-7-11/h9,11H,3-8H2,1-2H3. The molecule has 0 fully saturated rings. The molecule has 0 aliphatic rings. The van der Waals surface area contributed by atoms with Crippen molar-refractivity contribution in [1.82, 2.24) is 0 Å². The second-order valence-electron chi connectivity index (χ2n) is 3.46. The lowest BCUT2D eigenvalue weighted by Crippen LogP contribution is -2.12. The summed E-state index contributed by atoms with van der Waals surface area (Å²) in [7, 11) is 0. The van der Waals surface area contributed by atoms with Gasteiger partial charge in [-0.1, -0.05) is 20.3 Å². The first-order valence-corrected chi connectivity index (χ1v) is 4.96. The fourth-order valence-corrected chi connectivity index (χ4v) is 0.907. The molecule has 0 spiro atoms. The van der Waals surface area contributed by atoms with Crippen LogP contribution in [0.25, 0.3) is 0 Å². The third-order valence-corrected chi connectivity index (χ3v) is 1.77. The van der Waals surface area contributed by atoms with Crippen molar-refractivity contribution in [3.05, 3.63) is 0 Å². The van der Waals surface area contributed by atoms with Crippen molar-refractivity contribution >= 4 is 5.97 Å². The summed E-state index contributed by atoms with van der Waals surface area (Å²) in [5.74, 6) is -0.153. The predicted octanol–water partition coefficient (Wildman–Crippen LogP) is 1.74. The highest BCUT2D eigenvalue weighted by Gasteiger charge is 2.06. The maximum absolute atomic E-state index is 11.0. The Balaban J connectivity index is 3.12. The first-order chi connectivity index (χ1) is 6.18. The first kappa shape index (κ1) is 12.4. The maximum Gasteiger partial charge on any atom is 0.308 e. The molecular weight excluding hydrogens is 168 g/mol. The van der Waals surface area contributed by atoms with Gasteiger partial charge in [-0.15, -0.1) is 0 Å². The Hall–Kier alpha value is -0.570. The Kier molecular flexibility index (Phi) is 7.69. The Morgan fingerprint density at radius 2 is 1.85 bits per heavy atom. The molecule has 0 aliphatic carbocycles. The van der Waals surface area contributed by atoms with Gasteiger partial charge in [-0.05, 0) is 19.3 Å². The quantitative estimate of drug-likeness (QED) is 0.489. The van der Waals surface area contributed by atoms with Gasteiger partial charge in [0.25, 0.3) is 0 Å². The van der Waals surface area contributed by atoms with Crippen LogP contribution in [0.4, 0.5) is 0 Å². The molecule has 0 aromatic carbocycles. The third kappa shape index (κ3) is 7.78. The van der Waals surface area contributed by atoms with Gasteiger partial charge in [0.1, 0.15) is 0 Å². The lowest BCUT2D eigenvalue weighted by molar-refractivity contribution is -0.147. The van der Waals surface area contributed by atoms with E-state index in [-0.39, 0.29) is 18.5 Å². The smallest absolute Gasteiger partial charge is 0.308 e. The molecule has 78 valence electrons. The average Bonchev–Trinajstić information content (AvgIpc) is 2.10. The summed E-state index contributed by atoms with van der Waals surface area (Å²) in [6.07, 6.45) is 3.78. The molecule has 0 heterocycles. The number of ether oxygens (including phenoxy) is 1. The minimum atomic E-state index is -0.123. The molecule has 0 saturated carbocycles. The van der Waals surface area contributed by atoms with Crippen molar-refractivity contribution in [2.24, 2.45) is 5.92 Å². The molecule has 3 nitrogen and oxygen atoms in total. The highest BCUT2D eigenvalue weighted by atomic mass is 16.5. The summed E-state index contributed by atoms with van der Waals surface area (Å²) in [4.78, 5) is 11.0. The van der Waals surface area contributed by atoms with E-state index in [1.54, 1.807) is 0 Å². The van der Waals surface area contributed by atoms with Gasteiger partial charge >= 0.3 is 5.97 Å². The van der Waals surface area contributed by atoms with Crippen molar-refractivity contribution < 1.29 is 14.6 Å². The van der Waals surface area contributed by atoms with Crippen LogP contribution in [-0.4, -0.2) is 24.3 Å². The van der Waals surface area contributed by atoms with Gasteiger partial charge < -0.3 is 9.84 Å². The van der Waals surface area contributed by atoms with Crippen LogP contribution in [0, 0.1) is 5.92 Å². The summed E-state index contributed by atoms with van der Waals surface area (Å²) in [6, 6.07) is 0. The highest BCUT2D eigenvalue weighted by Crippen LogP contribution is 2.01. The second-order valence-corrected chi connectivity index (χ2v) is 3.46. The number of carbonyl (C=O) groups is 1. The van der Waals surface area contributed by atoms with E-state index in [0.29, 0.717) is 6.61 Å². The number of aliphatic hydroxyl groups is 1. The number of unbranched alkanes of at least 4 members (excludes halogenated alkanes) is 3. The lowest BCUT2D eigenvalue weighted by atomic mass is 10.2. The summed E-state index contributed by atoms with van der Waals surface area (Å²) >= 11 is 0. The largest absolute Gasteiger partial charge is 0.465 e. The van der Waals surface area contributed by atoms with Crippen LogP contribution in [0.3, 0.4) is 0 Å². The lowest BCUT2D eigenvalue weighted by Gasteiger charge is -2.06. The van der Waals surface area contributed by atoms with E-state index in [0.717, 1.165) is 25.7 Å². The van der Waals surface area contributed by atoms with E-state index in [2.05, 4.69) is 0 Å². The van der Waals surface area contributed by atoms with Crippen molar-refractivity contribution in [1.29, 1.82) is 0 Å². The summed E-state index contributed by atoms with van der Waals surface area (Å²) in [5.41, 5.74) is 0. The molecule has 0 aromatic heterocycles. The molecular formula is C10H20O3. The van der Waals surface area contributed by atoms with Crippen molar-refractivity contribution in [3.63, 3.8) is 0 Å². The molecule has 3 heteroatoms. The highest BCUT2D eigenvalue weighted by molar-refractivity contribution is 5.71. The molecule has 0 atom stereocenters. The maximum atomic E-state index is 11.0. The van der Waals surface area contributed by atoms with Crippen LogP contribution in [0.1, 0.15) is 39.5 Å². The zero-order chi connectivity index (χ0) is 10.1. The van der Waals surface area contributed by atoms with Crippen LogP contribution in [-0.2, 0) is 9.53 Å². The number of aliphatic hydroxyl groups excluding tert-OH is 1. The number of hydrogen-bond donors (Lipinski definition) is 1. The molecule has 0 aliphatic heterocycles. The molecule has 0 unspecified atom stereocenters. The van der Waals surface area contributed by atoms with Crippen LogP contribution in [0.15, 0.2) is 0 Å². The Labute approximate surface area is 80.1 Å². The summed E-state index contributed by atoms with van der Waals surface area (Å²) in [5, 5.41) is 8.50. The normalized spacial score (nSPS) is 10.5. The van der Waals surface area contributed by atoms with Gasteiger partial charge in [0.15, 0.2) is 0 Å². The number of esters is 1. The monoisotopic (exact) mass is 188 g/mol. The van der Waals surface area contributed by atoms with E-state index >= 15 is 0 Å². The Morgan fingerprint density at radius 1 is 1.23 bits per heavy atom. The van der Waals surface area contributed by atoms with E-state index in [9.17, 15) is 4.79 Å². The van der Waals surface area contributed by atoms with Crippen molar-refractivity contribution in [2.75, 3.05) is 13.2 Å².